The summed E-state index contributed by atoms with van der Waals surface area (Å²) in [4.78, 5) is 16.0. The lowest BCUT2D eigenvalue weighted by molar-refractivity contribution is -0.119. The Hall–Kier alpha value is -2.69. The van der Waals surface area contributed by atoms with Crippen molar-refractivity contribution in [3.05, 3.63) is 53.3 Å². The normalized spacial score (nSPS) is 10.9. The molecule has 0 radical (unpaired) electrons. The Morgan fingerprint density at radius 2 is 1.86 bits per heavy atom. The molecule has 2 aromatic heterocycles. The quantitative estimate of drug-likeness (QED) is 0.808. The number of imidazole rings is 1. The van der Waals surface area contributed by atoms with Gasteiger partial charge < -0.3 is 5.32 Å². The number of aromatic nitrogens is 3. The number of nitrogens with one attached hydrogen (secondary N) is 1. The van der Waals surface area contributed by atoms with E-state index in [1.54, 1.807) is 4.52 Å². The van der Waals surface area contributed by atoms with Crippen LogP contribution in [0.25, 0.3) is 16.9 Å². The van der Waals surface area contributed by atoms with E-state index in [-0.39, 0.29) is 5.91 Å². The molecule has 1 N–H and O–H groups in total. The first-order valence-electron chi connectivity index (χ1n) is 7.21. The van der Waals surface area contributed by atoms with E-state index < -0.39 is 0 Å². The van der Waals surface area contributed by atoms with Gasteiger partial charge >= 0.3 is 0 Å². The van der Waals surface area contributed by atoms with Gasteiger partial charge in [-0.15, -0.1) is 0 Å². The summed E-state index contributed by atoms with van der Waals surface area (Å²) in [6, 6.07) is 12.1. The Bertz CT molecular complexity index is 834. The molecule has 112 valence electrons. The zero-order valence-corrected chi connectivity index (χ0v) is 12.9. The van der Waals surface area contributed by atoms with E-state index in [9.17, 15) is 4.79 Å². The molecule has 5 nitrogen and oxygen atoms in total. The molecular weight excluding hydrogens is 276 g/mol. The molecule has 0 saturated carbocycles. The molecule has 3 rings (SSSR count). The van der Waals surface area contributed by atoms with Gasteiger partial charge in [0.2, 0.25) is 5.91 Å². The zero-order chi connectivity index (χ0) is 15.7. The first-order chi connectivity index (χ1) is 10.5. The lowest BCUT2D eigenvalue weighted by Crippen LogP contribution is -2.20. The summed E-state index contributed by atoms with van der Waals surface area (Å²) >= 11 is 0. The van der Waals surface area contributed by atoms with Crippen LogP contribution >= 0.6 is 0 Å². The van der Waals surface area contributed by atoms with Crippen molar-refractivity contribution >= 4 is 11.6 Å². The maximum Gasteiger partial charge on any atom is 0.217 e. The van der Waals surface area contributed by atoms with Crippen LogP contribution in [0.15, 0.2) is 36.4 Å². The number of rotatable bonds is 3. The molecule has 0 saturated heterocycles. The summed E-state index contributed by atoms with van der Waals surface area (Å²) in [7, 11) is 0. The van der Waals surface area contributed by atoms with Gasteiger partial charge in [-0.3, -0.25) is 4.79 Å². The van der Waals surface area contributed by atoms with E-state index in [1.165, 1.54) is 12.5 Å². The average molecular weight is 294 g/mol. The van der Waals surface area contributed by atoms with Crippen LogP contribution in [0.5, 0.6) is 0 Å². The monoisotopic (exact) mass is 294 g/mol. The fourth-order valence-corrected chi connectivity index (χ4v) is 2.38. The second kappa shape index (κ2) is 5.60. The molecule has 0 aliphatic rings. The van der Waals surface area contributed by atoms with Gasteiger partial charge in [-0.2, -0.15) is 5.10 Å². The molecule has 5 heteroatoms. The van der Waals surface area contributed by atoms with Crippen LogP contribution < -0.4 is 5.32 Å². The Labute approximate surface area is 129 Å². The van der Waals surface area contributed by atoms with Crippen LogP contribution in [0.3, 0.4) is 0 Å². The Morgan fingerprint density at radius 1 is 1.14 bits per heavy atom. The Morgan fingerprint density at radius 3 is 2.55 bits per heavy atom. The van der Waals surface area contributed by atoms with Gasteiger partial charge in [-0.25, -0.2) is 9.50 Å². The Kier molecular flexibility index (Phi) is 3.63. The number of fused-ring (bicyclic) bond motifs is 1. The van der Waals surface area contributed by atoms with Crippen molar-refractivity contribution in [2.24, 2.45) is 0 Å². The van der Waals surface area contributed by atoms with Crippen molar-refractivity contribution in [1.82, 2.24) is 19.9 Å². The topological polar surface area (TPSA) is 59.3 Å². The minimum Gasteiger partial charge on any atom is -0.351 e. The van der Waals surface area contributed by atoms with Crippen molar-refractivity contribution in [3.63, 3.8) is 0 Å². The second-order valence-corrected chi connectivity index (χ2v) is 5.43. The molecule has 1 aromatic carbocycles. The van der Waals surface area contributed by atoms with Crippen LogP contribution in [-0.2, 0) is 11.3 Å². The van der Waals surface area contributed by atoms with Crippen LogP contribution in [0, 0.1) is 13.8 Å². The fourth-order valence-electron chi connectivity index (χ4n) is 2.38. The predicted molar refractivity (Wildman–Crippen MR) is 85.4 cm³/mol. The smallest absolute Gasteiger partial charge is 0.217 e. The highest BCUT2D eigenvalue weighted by Gasteiger charge is 2.15. The maximum absolute atomic E-state index is 11.3. The fraction of sp³-hybridized carbons (Fsp3) is 0.235. The standard InChI is InChI=1S/C17H18N4O/c1-11-4-7-14(8-5-11)17-15(10-18-13(3)22)21-16(19-17)9-6-12(2)20-21/h4-9H,10H2,1-3H3,(H,18,22). The maximum atomic E-state index is 11.3. The lowest BCUT2D eigenvalue weighted by Gasteiger charge is -2.06. The van der Waals surface area contributed by atoms with Crippen molar-refractivity contribution in [2.75, 3.05) is 0 Å². The molecule has 0 fully saturated rings. The zero-order valence-electron chi connectivity index (χ0n) is 12.9. The molecule has 0 unspecified atom stereocenters. The molecule has 3 aromatic rings. The molecule has 22 heavy (non-hydrogen) atoms. The van der Waals surface area contributed by atoms with E-state index >= 15 is 0 Å². The largest absolute Gasteiger partial charge is 0.351 e. The highest BCUT2D eigenvalue weighted by molar-refractivity contribution is 5.73. The van der Waals surface area contributed by atoms with Gasteiger partial charge in [-0.05, 0) is 26.0 Å². The number of benzene rings is 1. The number of aryl methyl sites for hydroxylation is 2. The summed E-state index contributed by atoms with van der Waals surface area (Å²) in [6.45, 7) is 5.90. The van der Waals surface area contributed by atoms with Crippen molar-refractivity contribution in [2.45, 2.75) is 27.3 Å². The van der Waals surface area contributed by atoms with E-state index in [0.29, 0.717) is 6.54 Å². The summed E-state index contributed by atoms with van der Waals surface area (Å²) in [5.74, 6) is -0.0718. The molecule has 0 aliphatic heterocycles. The van der Waals surface area contributed by atoms with Gasteiger partial charge in [0, 0.05) is 12.5 Å². The van der Waals surface area contributed by atoms with Gasteiger partial charge in [-0.1, -0.05) is 29.8 Å². The average Bonchev–Trinajstić information content (AvgIpc) is 2.83. The minimum absolute atomic E-state index is 0.0718. The number of amides is 1. The molecular formula is C17H18N4O. The number of hydrogen-bond donors (Lipinski definition) is 1. The summed E-state index contributed by atoms with van der Waals surface area (Å²) in [5.41, 5.74) is 5.65. The summed E-state index contributed by atoms with van der Waals surface area (Å²) in [6.07, 6.45) is 0. The lowest BCUT2D eigenvalue weighted by atomic mass is 10.1. The molecule has 0 atom stereocenters. The third kappa shape index (κ3) is 2.70. The van der Waals surface area contributed by atoms with Crippen LogP contribution in [0.4, 0.5) is 0 Å². The summed E-state index contributed by atoms with van der Waals surface area (Å²) < 4.78 is 1.81. The SMILES string of the molecule is CC(=O)NCc1c(-c2ccc(C)cc2)nc2ccc(C)nn12. The minimum atomic E-state index is -0.0718. The first-order valence-corrected chi connectivity index (χ1v) is 7.21. The van der Waals surface area contributed by atoms with Gasteiger partial charge in [0.15, 0.2) is 5.65 Å². The summed E-state index contributed by atoms with van der Waals surface area (Å²) in [5, 5.41) is 7.36. The highest BCUT2D eigenvalue weighted by Crippen LogP contribution is 2.24. The van der Waals surface area contributed by atoms with E-state index in [1.807, 2.05) is 31.2 Å². The first kappa shape index (κ1) is 14.3. The molecule has 1 amide bonds. The van der Waals surface area contributed by atoms with Gasteiger partial charge in [0.25, 0.3) is 0 Å². The van der Waals surface area contributed by atoms with Gasteiger partial charge in [0.1, 0.15) is 0 Å². The van der Waals surface area contributed by atoms with Crippen molar-refractivity contribution in [3.8, 4) is 11.3 Å². The van der Waals surface area contributed by atoms with Crippen molar-refractivity contribution in [1.29, 1.82) is 0 Å². The third-order valence-corrected chi connectivity index (χ3v) is 3.53. The molecule has 0 aliphatic carbocycles. The number of hydrogen-bond acceptors (Lipinski definition) is 3. The van der Waals surface area contributed by atoms with Crippen LogP contribution in [0.2, 0.25) is 0 Å². The van der Waals surface area contributed by atoms with E-state index in [4.69, 9.17) is 0 Å². The highest BCUT2D eigenvalue weighted by atomic mass is 16.1. The van der Waals surface area contributed by atoms with E-state index in [2.05, 4.69) is 34.5 Å². The molecule has 0 spiro atoms. The second-order valence-electron chi connectivity index (χ2n) is 5.43. The third-order valence-electron chi connectivity index (χ3n) is 3.53. The Balaban J connectivity index is 2.16. The van der Waals surface area contributed by atoms with Crippen molar-refractivity contribution < 1.29 is 4.79 Å². The van der Waals surface area contributed by atoms with Crippen LogP contribution in [-0.4, -0.2) is 20.5 Å². The molecule has 0 bridgehead atoms. The van der Waals surface area contributed by atoms with Gasteiger partial charge in [0.05, 0.1) is 23.6 Å². The van der Waals surface area contributed by atoms with Crippen LogP contribution in [0.1, 0.15) is 23.9 Å². The predicted octanol–water partition coefficient (Wildman–Crippen LogP) is 2.65. The number of carbonyl (C=O) groups excluding carboxylic acids is 1. The van der Waals surface area contributed by atoms with E-state index in [0.717, 1.165) is 28.3 Å². The number of nitrogens with zero attached hydrogens (tertiary/aromatic N) is 3. The molecule has 2 heterocycles. The number of carbonyl (C=O) groups is 1.